The topological polar surface area (TPSA) is 18.5 Å². The molecule has 0 unspecified atom stereocenters. The van der Waals surface area contributed by atoms with Crippen molar-refractivity contribution in [3.63, 3.8) is 0 Å². The smallest absolute Gasteiger partial charge is 0.200 e. The lowest BCUT2D eigenvalue weighted by Crippen LogP contribution is -2.15. The molecule has 2 nitrogen and oxygen atoms in total. The quantitative estimate of drug-likeness (QED) is 0.189. The Morgan fingerprint density at radius 3 is 2.17 bits per heavy atom. The number of ether oxygens (including phenoxy) is 2. The van der Waals surface area contributed by atoms with Gasteiger partial charge in [-0.05, 0) is 86.1 Å². The van der Waals surface area contributed by atoms with Gasteiger partial charge in [-0.15, -0.1) is 0 Å². The molecule has 1 saturated carbocycles. The van der Waals surface area contributed by atoms with Gasteiger partial charge in [-0.1, -0.05) is 37.4 Å². The molecule has 35 heavy (non-hydrogen) atoms. The van der Waals surface area contributed by atoms with E-state index in [4.69, 9.17) is 9.47 Å². The molecule has 1 aliphatic carbocycles. The maximum absolute atomic E-state index is 15.0. The van der Waals surface area contributed by atoms with Crippen molar-refractivity contribution in [3.8, 4) is 16.9 Å². The number of allylic oxidation sites excluding steroid dienone is 3. The zero-order chi connectivity index (χ0) is 25.5. The third-order valence-electron chi connectivity index (χ3n) is 6.72. The molecule has 0 radical (unpaired) electrons. The molecule has 0 saturated heterocycles. The van der Waals surface area contributed by atoms with E-state index >= 15 is 4.39 Å². The van der Waals surface area contributed by atoms with Crippen molar-refractivity contribution in [2.24, 2.45) is 5.92 Å². The summed E-state index contributed by atoms with van der Waals surface area (Å²) in [6.07, 6.45) is 4.00. The standard InChI is InChI=1S/C29H32F4O2/c1-5-35-19(3)27(31)26(30)18(2)6-7-20-8-10-21(11-9-20)24-16-17-25(29(33)28(24)32)22-12-14-23(34-4)15-13-22/h12-17,20-21H,2-3,5-11H2,1,4H3/b27-26-. The first-order valence-corrected chi connectivity index (χ1v) is 11.9. The summed E-state index contributed by atoms with van der Waals surface area (Å²) >= 11 is 0. The van der Waals surface area contributed by atoms with Gasteiger partial charge in [0.25, 0.3) is 0 Å². The summed E-state index contributed by atoms with van der Waals surface area (Å²) in [5.74, 6) is -3.25. The Balaban J connectivity index is 1.58. The molecule has 2 aromatic rings. The van der Waals surface area contributed by atoms with Gasteiger partial charge >= 0.3 is 0 Å². The first-order chi connectivity index (χ1) is 16.8. The number of hydrogen-bond donors (Lipinski definition) is 0. The molecule has 1 aliphatic rings. The third-order valence-corrected chi connectivity index (χ3v) is 6.72. The van der Waals surface area contributed by atoms with Gasteiger partial charge in [0.2, 0.25) is 0 Å². The van der Waals surface area contributed by atoms with Gasteiger partial charge in [0.1, 0.15) is 5.75 Å². The average molecular weight is 489 g/mol. The molecule has 0 atom stereocenters. The molecule has 0 N–H and O–H groups in total. The molecular formula is C29H32F4O2. The number of halogens is 4. The van der Waals surface area contributed by atoms with E-state index in [1.165, 1.54) is 0 Å². The third kappa shape index (κ3) is 6.36. The van der Waals surface area contributed by atoms with Gasteiger partial charge in [-0.25, -0.2) is 13.2 Å². The highest BCUT2D eigenvalue weighted by atomic mass is 19.2. The van der Waals surface area contributed by atoms with Gasteiger partial charge in [-0.2, -0.15) is 4.39 Å². The van der Waals surface area contributed by atoms with Crippen molar-refractivity contribution in [2.45, 2.75) is 51.4 Å². The highest BCUT2D eigenvalue weighted by Crippen LogP contribution is 2.41. The van der Waals surface area contributed by atoms with Crippen molar-refractivity contribution in [2.75, 3.05) is 13.7 Å². The fourth-order valence-corrected chi connectivity index (χ4v) is 4.64. The first-order valence-electron chi connectivity index (χ1n) is 11.9. The number of rotatable bonds is 10. The number of methoxy groups -OCH3 is 1. The second kappa shape index (κ2) is 12.1. The maximum atomic E-state index is 15.0. The molecule has 1 fully saturated rings. The minimum absolute atomic E-state index is 0.0718. The maximum Gasteiger partial charge on any atom is 0.200 e. The van der Waals surface area contributed by atoms with Crippen LogP contribution in [0.15, 0.2) is 72.5 Å². The van der Waals surface area contributed by atoms with Crippen LogP contribution in [0.4, 0.5) is 17.6 Å². The van der Waals surface area contributed by atoms with Crippen LogP contribution in [0.2, 0.25) is 0 Å². The summed E-state index contributed by atoms with van der Waals surface area (Å²) < 4.78 is 68.2. The lowest BCUT2D eigenvalue weighted by atomic mass is 9.76. The van der Waals surface area contributed by atoms with Crippen molar-refractivity contribution in [1.29, 1.82) is 0 Å². The van der Waals surface area contributed by atoms with Crippen LogP contribution in [0.25, 0.3) is 11.1 Å². The van der Waals surface area contributed by atoms with Crippen LogP contribution in [0.5, 0.6) is 5.75 Å². The molecule has 0 amide bonds. The minimum Gasteiger partial charge on any atom is -0.497 e. The van der Waals surface area contributed by atoms with Crippen molar-refractivity contribution in [1.82, 2.24) is 0 Å². The molecule has 0 heterocycles. The highest BCUT2D eigenvalue weighted by Gasteiger charge is 2.27. The van der Waals surface area contributed by atoms with E-state index in [2.05, 4.69) is 13.2 Å². The van der Waals surface area contributed by atoms with Gasteiger partial charge in [-0.3, -0.25) is 0 Å². The van der Waals surface area contributed by atoms with Crippen LogP contribution >= 0.6 is 0 Å². The molecule has 3 rings (SSSR count). The fourth-order valence-electron chi connectivity index (χ4n) is 4.64. The molecular weight excluding hydrogens is 456 g/mol. The largest absolute Gasteiger partial charge is 0.497 e. The van der Waals surface area contributed by atoms with Crippen LogP contribution in [0, 0.1) is 17.6 Å². The first kappa shape index (κ1) is 26.6. The Morgan fingerprint density at radius 1 is 0.914 bits per heavy atom. The molecule has 2 aromatic carbocycles. The molecule has 6 heteroatoms. The summed E-state index contributed by atoms with van der Waals surface area (Å²) in [6, 6.07) is 10.1. The van der Waals surface area contributed by atoms with Crippen LogP contribution in [0.3, 0.4) is 0 Å². The SMILES string of the molecule is C=C(CCC1CCC(c2ccc(-c3ccc(OC)cc3)c(F)c2F)CC1)/C(F)=C(/F)C(=C)OCC. The predicted octanol–water partition coefficient (Wildman–Crippen LogP) is 8.95. The van der Waals surface area contributed by atoms with E-state index in [1.54, 1.807) is 50.4 Å². The van der Waals surface area contributed by atoms with Crippen molar-refractivity contribution >= 4 is 0 Å². The molecule has 188 valence electrons. The van der Waals surface area contributed by atoms with Gasteiger partial charge in [0.05, 0.1) is 13.7 Å². The second-order valence-corrected chi connectivity index (χ2v) is 8.90. The normalized spacial score (nSPS) is 18.6. The van der Waals surface area contributed by atoms with E-state index in [0.29, 0.717) is 48.5 Å². The van der Waals surface area contributed by atoms with E-state index in [-0.39, 0.29) is 29.4 Å². The number of benzene rings is 2. The van der Waals surface area contributed by atoms with Crippen molar-refractivity contribution in [3.05, 3.63) is 89.7 Å². The zero-order valence-corrected chi connectivity index (χ0v) is 20.3. The lowest BCUT2D eigenvalue weighted by molar-refractivity contribution is 0.224. The fraction of sp³-hybridized carbons (Fsp3) is 0.379. The van der Waals surface area contributed by atoms with E-state index < -0.39 is 23.3 Å². The van der Waals surface area contributed by atoms with Gasteiger partial charge < -0.3 is 9.47 Å². The Labute approximate surface area is 205 Å². The summed E-state index contributed by atoms with van der Waals surface area (Å²) in [4.78, 5) is 0. The molecule has 0 aliphatic heterocycles. The van der Waals surface area contributed by atoms with Crippen LogP contribution in [0.1, 0.15) is 56.9 Å². The Bertz CT molecular complexity index is 1080. The monoisotopic (exact) mass is 488 g/mol. The summed E-state index contributed by atoms with van der Waals surface area (Å²) in [5, 5.41) is 0. The van der Waals surface area contributed by atoms with E-state index in [9.17, 15) is 13.2 Å². The summed E-state index contributed by atoms with van der Waals surface area (Å²) in [5.41, 5.74) is 1.27. The molecule has 0 aromatic heterocycles. The second-order valence-electron chi connectivity index (χ2n) is 8.90. The molecule has 0 spiro atoms. The summed E-state index contributed by atoms with van der Waals surface area (Å²) in [7, 11) is 1.55. The number of hydrogen-bond acceptors (Lipinski definition) is 2. The Morgan fingerprint density at radius 2 is 1.57 bits per heavy atom. The Hall–Kier alpha value is -3.02. The predicted molar refractivity (Wildman–Crippen MR) is 131 cm³/mol. The Kier molecular flexibility index (Phi) is 9.19. The van der Waals surface area contributed by atoms with E-state index in [1.807, 2.05) is 0 Å². The van der Waals surface area contributed by atoms with Crippen LogP contribution in [-0.2, 0) is 4.74 Å². The molecule has 0 bridgehead atoms. The van der Waals surface area contributed by atoms with Gasteiger partial charge in [0, 0.05) is 5.56 Å². The lowest BCUT2D eigenvalue weighted by Gasteiger charge is -2.29. The van der Waals surface area contributed by atoms with Crippen molar-refractivity contribution < 1.29 is 27.0 Å². The minimum atomic E-state index is -1.11. The van der Waals surface area contributed by atoms with Crippen LogP contribution in [-0.4, -0.2) is 13.7 Å². The zero-order valence-electron chi connectivity index (χ0n) is 20.3. The average Bonchev–Trinajstić information content (AvgIpc) is 2.88. The van der Waals surface area contributed by atoms with Gasteiger partial charge in [0.15, 0.2) is 29.0 Å². The van der Waals surface area contributed by atoms with E-state index in [0.717, 1.165) is 12.8 Å². The highest BCUT2D eigenvalue weighted by molar-refractivity contribution is 5.65. The summed E-state index contributed by atoms with van der Waals surface area (Å²) in [6.45, 7) is 8.90. The van der Waals surface area contributed by atoms with Crippen LogP contribution < -0.4 is 4.74 Å².